The normalized spacial score (nSPS) is 9.18. The van der Waals surface area contributed by atoms with E-state index in [0.29, 0.717) is 5.69 Å². The van der Waals surface area contributed by atoms with Crippen LogP contribution < -0.4 is 11.2 Å². The van der Waals surface area contributed by atoms with E-state index in [4.69, 9.17) is 10.9 Å². The van der Waals surface area contributed by atoms with Gasteiger partial charge in [0.1, 0.15) is 0 Å². The number of anilines is 1. The van der Waals surface area contributed by atoms with Crippen molar-refractivity contribution in [2.45, 2.75) is 0 Å². The maximum absolute atomic E-state index is 10.7. The average Bonchev–Trinajstić information content (AvgIpc) is 2.03. The highest BCUT2D eigenvalue weighted by Crippen LogP contribution is 2.04. The van der Waals surface area contributed by atoms with Crippen LogP contribution in [-0.4, -0.2) is 11.1 Å². The minimum atomic E-state index is -0.589. The van der Waals surface area contributed by atoms with Gasteiger partial charge in [-0.15, -0.1) is 0 Å². The van der Waals surface area contributed by atoms with Crippen molar-refractivity contribution < 1.29 is 10.0 Å². The van der Waals surface area contributed by atoms with Gasteiger partial charge in [0.2, 0.25) is 0 Å². The second-order valence-corrected chi connectivity index (χ2v) is 2.00. The Hall–Kier alpha value is -1.55. The van der Waals surface area contributed by atoms with E-state index in [-0.39, 0.29) is 5.56 Å². The molecule has 0 fully saturated rings. The van der Waals surface area contributed by atoms with E-state index in [1.807, 2.05) is 0 Å². The van der Waals surface area contributed by atoms with Crippen LogP contribution in [0.3, 0.4) is 0 Å². The van der Waals surface area contributed by atoms with E-state index in [2.05, 4.69) is 6.07 Å². The van der Waals surface area contributed by atoms with Crippen LogP contribution in [-0.2, 0) is 0 Å². The van der Waals surface area contributed by atoms with Crippen LogP contribution >= 0.6 is 0 Å². The highest BCUT2D eigenvalue weighted by molar-refractivity contribution is 5.94. The molecule has 4 nitrogen and oxygen atoms in total. The maximum Gasteiger partial charge on any atom is 0.274 e. The number of carbonyl (C=O) groups is 1. The first-order valence-electron chi connectivity index (χ1n) is 2.95. The Morgan fingerprint density at radius 2 is 2.36 bits per heavy atom. The van der Waals surface area contributed by atoms with Crippen molar-refractivity contribution in [1.82, 2.24) is 5.48 Å². The van der Waals surface area contributed by atoms with Gasteiger partial charge in [0.05, 0.1) is 0 Å². The summed E-state index contributed by atoms with van der Waals surface area (Å²) in [7, 11) is 0. The molecule has 1 amide bonds. The lowest BCUT2D eigenvalue weighted by Gasteiger charge is -1.97. The molecule has 0 aromatic heterocycles. The molecule has 0 bridgehead atoms. The topological polar surface area (TPSA) is 75.4 Å². The monoisotopic (exact) mass is 151 g/mol. The molecular weight excluding hydrogens is 144 g/mol. The Bertz CT molecular complexity index is 273. The molecule has 1 rings (SSSR count). The van der Waals surface area contributed by atoms with E-state index >= 15 is 0 Å². The zero-order valence-corrected chi connectivity index (χ0v) is 5.66. The lowest BCUT2D eigenvalue weighted by molar-refractivity contribution is 0.0706. The first-order valence-corrected chi connectivity index (χ1v) is 2.95. The minimum absolute atomic E-state index is 0.285. The molecule has 0 saturated carbocycles. The van der Waals surface area contributed by atoms with Crippen LogP contribution in [0, 0.1) is 6.07 Å². The van der Waals surface area contributed by atoms with E-state index in [1.54, 1.807) is 0 Å². The molecule has 0 aliphatic heterocycles. The van der Waals surface area contributed by atoms with Crippen molar-refractivity contribution in [3.8, 4) is 0 Å². The molecule has 1 aromatic rings. The summed E-state index contributed by atoms with van der Waals surface area (Å²) in [6.07, 6.45) is 0. The number of hydrogen-bond acceptors (Lipinski definition) is 3. The number of rotatable bonds is 1. The molecule has 4 N–H and O–H groups in total. The molecule has 11 heavy (non-hydrogen) atoms. The van der Waals surface area contributed by atoms with Crippen LogP contribution in [0.5, 0.6) is 0 Å². The SMILES string of the molecule is Nc1c[c]cc(C(=O)NO)c1. The molecule has 1 radical (unpaired) electrons. The van der Waals surface area contributed by atoms with Gasteiger partial charge in [-0.1, -0.05) is 0 Å². The van der Waals surface area contributed by atoms with Crippen molar-refractivity contribution in [2.24, 2.45) is 0 Å². The van der Waals surface area contributed by atoms with E-state index in [9.17, 15) is 4.79 Å². The molecule has 0 saturated heterocycles. The van der Waals surface area contributed by atoms with Crippen LogP contribution in [0.2, 0.25) is 0 Å². The van der Waals surface area contributed by atoms with Crippen LogP contribution in [0.1, 0.15) is 10.4 Å². The summed E-state index contributed by atoms with van der Waals surface area (Å²) < 4.78 is 0. The van der Waals surface area contributed by atoms with Gasteiger partial charge in [0.25, 0.3) is 5.91 Å². The summed E-state index contributed by atoms with van der Waals surface area (Å²) in [6.45, 7) is 0. The van der Waals surface area contributed by atoms with Gasteiger partial charge in [0, 0.05) is 11.3 Å². The van der Waals surface area contributed by atoms with Crippen molar-refractivity contribution in [3.05, 3.63) is 29.8 Å². The predicted octanol–water partition coefficient (Wildman–Crippen LogP) is 0.188. The fourth-order valence-corrected chi connectivity index (χ4v) is 0.686. The Labute approximate surface area is 63.6 Å². The zero-order chi connectivity index (χ0) is 8.27. The maximum atomic E-state index is 10.7. The first kappa shape index (κ1) is 7.56. The lowest BCUT2D eigenvalue weighted by Crippen LogP contribution is -2.18. The molecule has 1 aromatic carbocycles. The average molecular weight is 151 g/mol. The summed E-state index contributed by atoms with van der Waals surface area (Å²) >= 11 is 0. The van der Waals surface area contributed by atoms with Gasteiger partial charge in [-0.2, -0.15) is 0 Å². The molecular formula is C7H7N2O2. The third kappa shape index (κ3) is 1.68. The fourth-order valence-electron chi connectivity index (χ4n) is 0.686. The summed E-state index contributed by atoms with van der Waals surface area (Å²) in [6, 6.07) is 7.06. The van der Waals surface area contributed by atoms with Crippen LogP contribution in [0.15, 0.2) is 18.2 Å². The number of hydroxylamine groups is 1. The molecule has 0 spiro atoms. The Morgan fingerprint density at radius 3 is 2.91 bits per heavy atom. The summed E-state index contributed by atoms with van der Waals surface area (Å²) in [5.41, 5.74) is 7.57. The van der Waals surface area contributed by atoms with Gasteiger partial charge in [-0.3, -0.25) is 10.0 Å². The number of nitrogens with two attached hydrogens (primary N) is 1. The molecule has 0 aliphatic carbocycles. The van der Waals surface area contributed by atoms with Gasteiger partial charge in [0.15, 0.2) is 0 Å². The largest absolute Gasteiger partial charge is 0.399 e. The molecule has 0 atom stereocenters. The number of nitrogens with one attached hydrogen (secondary N) is 1. The lowest BCUT2D eigenvalue weighted by atomic mass is 10.2. The van der Waals surface area contributed by atoms with Crippen molar-refractivity contribution in [2.75, 3.05) is 5.73 Å². The van der Waals surface area contributed by atoms with Gasteiger partial charge < -0.3 is 5.73 Å². The van der Waals surface area contributed by atoms with E-state index in [0.717, 1.165) is 0 Å². The second-order valence-electron chi connectivity index (χ2n) is 2.00. The first-order chi connectivity index (χ1) is 5.24. The highest BCUT2D eigenvalue weighted by atomic mass is 16.5. The Balaban J connectivity index is 2.96. The Kier molecular flexibility index (Phi) is 2.08. The summed E-state index contributed by atoms with van der Waals surface area (Å²) in [4.78, 5) is 10.7. The molecule has 0 heterocycles. The number of amides is 1. The molecule has 0 aliphatic rings. The van der Waals surface area contributed by atoms with Crippen LogP contribution in [0.4, 0.5) is 5.69 Å². The van der Waals surface area contributed by atoms with Crippen molar-refractivity contribution >= 4 is 11.6 Å². The summed E-state index contributed by atoms with van der Waals surface area (Å²) in [5.74, 6) is -0.589. The smallest absolute Gasteiger partial charge is 0.274 e. The summed E-state index contributed by atoms with van der Waals surface area (Å²) in [5, 5.41) is 8.22. The number of carbonyl (C=O) groups excluding carboxylic acids is 1. The predicted molar refractivity (Wildman–Crippen MR) is 38.9 cm³/mol. The fraction of sp³-hybridized carbons (Fsp3) is 0. The molecule has 0 unspecified atom stereocenters. The highest BCUT2D eigenvalue weighted by Gasteiger charge is 2.02. The number of benzene rings is 1. The van der Waals surface area contributed by atoms with Crippen molar-refractivity contribution in [3.63, 3.8) is 0 Å². The third-order valence-corrected chi connectivity index (χ3v) is 1.17. The second kappa shape index (κ2) is 3.03. The van der Waals surface area contributed by atoms with Crippen molar-refractivity contribution in [1.29, 1.82) is 0 Å². The van der Waals surface area contributed by atoms with E-state index in [1.165, 1.54) is 23.7 Å². The standard InChI is InChI=1S/C7H7N2O2/c8-6-3-1-2-5(4-6)7(10)9-11/h2-4,11H,8H2,(H,9,10). The van der Waals surface area contributed by atoms with Crippen LogP contribution in [0.25, 0.3) is 0 Å². The number of nitrogen functional groups attached to an aromatic ring is 1. The van der Waals surface area contributed by atoms with E-state index < -0.39 is 5.91 Å². The minimum Gasteiger partial charge on any atom is -0.399 e. The van der Waals surface area contributed by atoms with Gasteiger partial charge in [-0.05, 0) is 24.3 Å². The number of hydrogen-bond donors (Lipinski definition) is 3. The van der Waals surface area contributed by atoms with Gasteiger partial charge in [-0.25, -0.2) is 5.48 Å². The Morgan fingerprint density at radius 1 is 1.64 bits per heavy atom. The molecule has 4 heteroatoms. The molecule has 57 valence electrons. The quantitative estimate of drug-likeness (QED) is 0.304. The third-order valence-electron chi connectivity index (χ3n) is 1.17. The zero-order valence-electron chi connectivity index (χ0n) is 5.66. The van der Waals surface area contributed by atoms with Gasteiger partial charge >= 0.3 is 0 Å².